The second-order valence-electron chi connectivity index (χ2n) is 4.69. The first kappa shape index (κ1) is 17.1. The van der Waals surface area contributed by atoms with E-state index in [0.29, 0.717) is 31.2 Å². The number of hydrogen-bond donors (Lipinski definition) is 4. The summed E-state index contributed by atoms with van der Waals surface area (Å²) in [5, 5.41) is 23.7. The number of carbonyl (C=O) groups is 1. The Morgan fingerprint density at radius 2 is 2.20 bits per heavy atom. The highest BCUT2D eigenvalue weighted by Gasteiger charge is 2.23. The van der Waals surface area contributed by atoms with Crippen molar-refractivity contribution in [2.75, 3.05) is 32.8 Å². The molecule has 1 amide bonds. The van der Waals surface area contributed by atoms with Crippen molar-refractivity contribution in [1.29, 1.82) is 0 Å². The van der Waals surface area contributed by atoms with Gasteiger partial charge in [-0.2, -0.15) is 0 Å². The number of aliphatic hydroxyl groups excluding tert-OH is 2. The molecule has 20 heavy (non-hydrogen) atoms. The molecule has 0 aromatic carbocycles. The maximum Gasteiger partial charge on any atom is 0.413 e. The standard InChI is InChI=1S/C8H14N2O3S.C4H9NO/c1-2-13-8(12)9-7(14)10-4-3-6(11)5-10;6-4-1-2-5-3-4/h6,11H,2-5H2,1H3,(H,9,12,14);4-6H,1-3H2/t6-;4-/m11/s1. The maximum atomic E-state index is 11.0. The van der Waals surface area contributed by atoms with Crippen molar-refractivity contribution in [2.24, 2.45) is 0 Å². The lowest BCUT2D eigenvalue weighted by Gasteiger charge is -2.18. The first-order chi connectivity index (χ1) is 9.52. The number of carbonyl (C=O) groups excluding carboxylic acids is 1. The third kappa shape index (κ3) is 6.47. The molecule has 2 fully saturated rings. The van der Waals surface area contributed by atoms with Gasteiger partial charge in [-0.05, 0) is 38.5 Å². The normalized spacial score (nSPS) is 24.9. The molecule has 0 radical (unpaired) electrons. The van der Waals surface area contributed by atoms with Gasteiger partial charge in [-0.15, -0.1) is 0 Å². The number of aliphatic hydroxyl groups is 2. The molecule has 0 bridgehead atoms. The van der Waals surface area contributed by atoms with Gasteiger partial charge in [0.25, 0.3) is 0 Å². The highest BCUT2D eigenvalue weighted by Crippen LogP contribution is 2.08. The van der Waals surface area contributed by atoms with Crippen LogP contribution in [-0.2, 0) is 4.74 Å². The Balaban J connectivity index is 0.000000276. The quantitative estimate of drug-likeness (QED) is 0.482. The van der Waals surface area contributed by atoms with Crippen LogP contribution in [0.2, 0.25) is 0 Å². The number of rotatable bonds is 1. The second-order valence-corrected chi connectivity index (χ2v) is 5.07. The number of hydrogen-bond acceptors (Lipinski definition) is 6. The fraction of sp³-hybridized carbons (Fsp3) is 0.833. The van der Waals surface area contributed by atoms with E-state index >= 15 is 0 Å². The lowest BCUT2D eigenvalue weighted by Crippen LogP contribution is -2.42. The number of nitrogens with one attached hydrogen (secondary N) is 2. The predicted octanol–water partition coefficient (Wildman–Crippen LogP) is -0.575. The number of alkyl carbamates (subject to hydrolysis) is 1. The molecule has 2 aliphatic rings. The predicted molar refractivity (Wildman–Crippen MR) is 78.4 cm³/mol. The summed E-state index contributed by atoms with van der Waals surface area (Å²) in [7, 11) is 0. The Hall–Kier alpha value is -0.960. The summed E-state index contributed by atoms with van der Waals surface area (Å²) in [6.45, 7) is 4.97. The first-order valence-corrected chi connectivity index (χ1v) is 7.23. The van der Waals surface area contributed by atoms with E-state index in [0.717, 1.165) is 19.5 Å². The van der Waals surface area contributed by atoms with Crippen LogP contribution >= 0.6 is 12.2 Å². The molecule has 0 spiro atoms. The zero-order chi connectivity index (χ0) is 15.0. The van der Waals surface area contributed by atoms with Crippen molar-refractivity contribution in [2.45, 2.75) is 32.0 Å². The van der Waals surface area contributed by atoms with Crippen LogP contribution in [0, 0.1) is 0 Å². The van der Waals surface area contributed by atoms with E-state index in [-0.39, 0.29) is 12.2 Å². The minimum atomic E-state index is -0.543. The summed E-state index contributed by atoms with van der Waals surface area (Å²) in [6, 6.07) is 0. The number of β-amino-alcohol motifs (C(OH)–C–C–N with tert-alkyl or cyclic N) is 2. The first-order valence-electron chi connectivity index (χ1n) is 6.82. The molecule has 0 aliphatic carbocycles. The largest absolute Gasteiger partial charge is 0.450 e. The van der Waals surface area contributed by atoms with E-state index in [2.05, 4.69) is 15.4 Å². The van der Waals surface area contributed by atoms with Gasteiger partial charge < -0.3 is 25.2 Å². The zero-order valence-electron chi connectivity index (χ0n) is 11.7. The van der Waals surface area contributed by atoms with Crippen LogP contribution in [0.15, 0.2) is 0 Å². The Labute approximate surface area is 124 Å². The van der Waals surface area contributed by atoms with E-state index in [1.54, 1.807) is 11.8 Å². The third-order valence-electron chi connectivity index (χ3n) is 2.97. The Morgan fingerprint density at radius 1 is 1.45 bits per heavy atom. The van der Waals surface area contributed by atoms with Gasteiger partial charge in [0.15, 0.2) is 5.11 Å². The molecule has 0 unspecified atom stereocenters. The fourth-order valence-electron chi connectivity index (χ4n) is 1.90. The summed E-state index contributed by atoms with van der Waals surface area (Å²) in [5.74, 6) is 0. The highest BCUT2D eigenvalue weighted by atomic mass is 32.1. The summed E-state index contributed by atoms with van der Waals surface area (Å²) < 4.78 is 4.67. The SMILES string of the molecule is CCOC(=O)NC(=S)N1CC[C@@H](O)C1.O[C@@H]1CCNC1. The Bertz CT molecular complexity index is 324. The topological polar surface area (TPSA) is 94.1 Å². The van der Waals surface area contributed by atoms with Crippen molar-refractivity contribution in [3.05, 3.63) is 0 Å². The van der Waals surface area contributed by atoms with Crippen LogP contribution in [0.4, 0.5) is 4.79 Å². The van der Waals surface area contributed by atoms with Gasteiger partial charge in [-0.25, -0.2) is 4.79 Å². The van der Waals surface area contributed by atoms with Gasteiger partial charge in [0.1, 0.15) is 0 Å². The lowest BCUT2D eigenvalue weighted by molar-refractivity contribution is 0.156. The average Bonchev–Trinajstić information content (AvgIpc) is 3.01. The molecule has 4 N–H and O–H groups in total. The molecule has 0 aromatic rings. The van der Waals surface area contributed by atoms with Crippen LogP contribution in [0.1, 0.15) is 19.8 Å². The minimum absolute atomic E-state index is 0.0648. The molecule has 0 aromatic heterocycles. The van der Waals surface area contributed by atoms with Crippen LogP contribution in [0.5, 0.6) is 0 Å². The van der Waals surface area contributed by atoms with Crippen molar-refractivity contribution in [3.8, 4) is 0 Å². The molecular formula is C12H23N3O4S. The molecule has 2 aliphatic heterocycles. The molecule has 2 saturated heterocycles. The van der Waals surface area contributed by atoms with Gasteiger partial charge in [-0.1, -0.05) is 0 Å². The van der Waals surface area contributed by atoms with Gasteiger partial charge >= 0.3 is 6.09 Å². The van der Waals surface area contributed by atoms with Crippen molar-refractivity contribution < 1.29 is 19.7 Å². The molecule has 8 heteroatoms. The number of nitrogens with zero attached hydrogens (tertiary/aromatic N) is 1. The summed E-state index contributed by atoms with van der Waals surface area (Å²) >= 11 is 4.96. The summed E-state index contributed by atoms with van der Waals surface area (Å²) in [5.41, 5.74) is 0. The summed E-state index contributed by atoms with van der Waals surface area (Å²) in [6.07, 6.45) is 0.658. The molecule has 2 rings (SSSR count). The smallest absolute Gasteiger partial charge is 0.413 e. The van der Waals surface area contributed by atoms with Crippen molar-refractivity contribution >= 4 is 23.4 Å². The van der Waals surface area contributed by atoms with Gasteiger partial charge in [0.05, 0.1) is 18.8 Å². The molecule has 2 atom stereocenters. The van der Waals surface area contributed by atoms with Crippen LogP contribution in [0.3, 0.4) is 0 Å². The van der Waals surface area contributed by atoms with Crippen LogP contribution < -0.4 is 10.6 Å². The average molecular weight is 305 g/mol. The molecular weight excluding hydrogens is 282 g/mol. The number of ether oxygens (including phenoxy) is 1. The fourth-order valence-corrected chi connectivity index (χ4v) is 2.15. The van der Waals surface area contributed by atoms with Gasteiger partial charge in [0, 0.05) is 19.6 Å². The van der Waals surface area contributed by atoms with E-state index in [1.165, 1.54) is 0 Å². The second kappa shape index (κ2) is 9.06. The Kier molecular flexibility index (Phi) is 7.75. The molecule has 7 nitrogen and oxygen atoms in total. The minimum Gasteiger partial charge on any atom is -0.450 e. The van der Waals surface area contributed by atoms with E-state index in [1.807, 2.05) is 0 Å². The number of amides is 1. The van der Waals surface area contributed by atoms with Crippen molar-refractivity contribution in [1.82, 2.24) is 15.5 Å². The van der Waals surface area contributed by atoms with Gasteiger partial charge in [0.2, 0.25) is 0 Å². The third-order valence-corrected chi connectivity index (χ3v) is 3.33. The van der Waals surface area contributed by atoms with E-state index in [4.69, 9.17) is 17.3 Å². The van der Waals surface area contributed by atoms with Crippen LogP contribution in [-0.4, -0.2) is 71.3 Å². The van der Waals surface area contributed by atoms with Gasteiger partial charge in [-0.3, -0.25) is 5.32 Å². The van der Waals surface area contributed by atoms with Crippen LogP contribution in [0.25, 0.3) is 0 Å². The maximum absolute atomic E-state index is 11.0. The Morgan fingerprint density at radius 3 is 2.60 bits per heavy atom. The number of likely N-dealkylation sites (tertiary alicyclic amines) is 1. The lowest BCUT2D eigenvalue weighted by atomic mass is 10.3. The molecule has 116 valence electrons. The zero-order valence-corrected chi connectivity index (χ0v) is 12.5. The monoisotopic (exact) mass is 305 g/mol. The molecule has 0 saturated carbocycles. The van der Waals surface area contributed by atoms with Crippen molar-refractivity contribution in [3.63, 3.8) is 0 Å². The van der Waals surface area contributed by atoms with E-state index < -0.39 is 6.09 Å². The highest BCUT2D eigenvalue weighted by molar-refractivity contribution is 7.80. The number of thiocarbonyl (C=S) groups is 1. The molecule has 2 heterocycles. The summed E-state index contributed by atoms with van der Waals surface area (Å²) in [4.78, 5) is 12.7. The van der Waals surface area contributed by atoms with E-state index in [9.17, 15) is 9.90 Å².